The number of nitrogens with zero attached hydrogens (tertiary/aromatic N) is 2. The fourth-order valence-corrected chi connectivity index (χ4v) is 3.72. The van der Waals surface area contributed by atoms with Gasteiger partial charge in [0.2, 0.25) is 0 Å². The third-order valence-corrected chi connectivity index (χ3v) is 5.19. The minimum atomic E-state index is -0.0653. The van der Waals surface area contributed by atoms with Crippen molar-refractivity contribution in [3.8, 4) is 22.8 Å². The van der Waals surface area contributed by atoms with Gasteiger partial charge in [-0.1, -0.05) is 35.5 Å². The van der Waals surface area contributed by atoms with Crippen molar-refractivity contribution in [2.75, 3.05) is 27.3 Å². The van der Waals surface area contributed by atoms with Crippen molar-refractivity contribution in [2.24, 2.45) is 0 Å². The van der Waals surface area contributed by atoms with Gasteiger partial charge in [-0.25, -0.2) is 0 Å². The first-order valence-electron chi connectivity index (χ1n) is 9.22. The molecule has 1 aliphatic rings. The zero-order valence-corrected chi connectivity index (χ0v) is 15.9. The summed E-state index contributed by atoms with van der Waals surface area (Å²) in [6.07, 6.45) is 2.37. The smallest absolute Gasteiger partial charge is 0.259 e. The molecule has 1 amide bonds. The monoisotopic (exact) mass is 378 g/mol. The van der Waals surface area contributed by atoms with Crippen LogP contribution in [0.1, 0.15) is 28.3 Å². The van der Waals surface area contributed by atoms with Crippen LogP contribution in [0.25, 0.3) is 11.3 Å². The van der Waals surface area contributed by atoms with E-state index in [2.05, 4.69) is 5.16 Å². The quantitative estimate of drug-likeness (QED) is 0.672. The van der Waals surface area contributed by atoms with Gasteiger partial charge >= 0.3 is 0 Å². The number of ether oxygens (including phenoxy) is 2. The van der Waals surface area contributed by atoms with Gasteiger partial charge in [0.25, 0.3) is 5.91 Å². The number of benzene rings is 2. The highest BCUT2D eigenvalue weighted by Gasteiger charge is 2.32. The van der Waals surface area contributed by atoms with E-state index in [1.807, 2.05) is 53.4 Å². The summed E-state index contributed by atoms with van der Waals surface area (Å²) in [5, 5.41) is 3.86. The molecule has 28 heavy (non-hydrogen) atoms. The van der Waals surface area contributed by atoms with Crippen molar-refractivity contribution in [3.05, 3.63) is 65.9 Å². The van der Waals surface area contributed by atoms with E-state index in [0.29, 0.717) is 24.4 Å². The zero-order valence-electron chi connectivity index (χ0n) is 15.9. The van der Waals surface area contributed by atoms with E-state index >= 15 is 0 Å². The second kappa shape index (κ2) is 7.76. The molecule has 2 heterocycles. The van der Waals surface area contributed by atoms with Crippen LogP contribution in [0, 0.1) is 0 Å². The fourth-order valence-electron chi connectivity index (χ4n) is 3.72. The summed E-state index contributed by atoms with van der Waals surface area (Å²) in [4.78, 5) is 15.0. The highest BCUT2D eigenvalue weighted by Crippen LogP contribution is 2.37. The number of hydrogen-bond donors (Lipinski definition) is 0. The van der Waals surface area contributed by atoms with E-state index in [-0.39, 0.29) is 11.8 Å². The number of carbonyl (C=O) groups is 1. The summed E-state index contributed by atoms with van der Waals surface area (Å²) in [5.74, 6) is 2.23. The number of rotatable bonds is 5. The van der Waals surface area contributed by atoms with Crippen LogP contribution in [-0.2, 0) is 0 Å². The van der Waals surface area contributed by atoms with Crippen molar-refractivity contribution in [2.45, 2.75) is 12.3 Å². The van der Waals surface area contributed by atoms with E-state index < -0.39 is 0 Å². The largest absolute Gasteiger partial charge is 0.497 e. The molecule has 0 spiro atoms. The van der Waals surface area contributed by atoms with E-state index in [9.17, 15) is 4.79 Å². The first-order chi connectivity index (χ1) is 13.7. The molecule has 3 aromatic rings. The summed E-state index contributed by atoms with van der Waals surface area (Å²) >= 11 is 0. The lowest BCUT2D eigenvalue weighted by Gasteiger charge is -2.18. The molecule has 144 valence electrons. The molecular weight excluding hydrogens is 356 g/mol. The van der Waals surface area contributed by atoms with Crippen LogP contribution in [-0.4, -0.2) is 43.3 Å². The van der Waals surface area contributed by atoms with Crippen molar-refractivity contribution < 1.29 is 18.8 Å². The number of likely N-dealkylation sites (tertiary alicyclic amines) is 1. The molecule has 0 radical (unpaired) electrons. The average molecular weight is 378 g/mol. The number of amides is 1. The molecule has 1 aromatic heterocycles. The molecule has 1 aliphatic heterocycles. The summed E-state index contributed by atoms with van der Waals surface area (Å²) in [6, 6.07) is 15.3. The van der Waals surface area contributed by atoms with E-state index in [0.717, 1.165) is 29.0 Å². The third kappa shape index (κ3) is 3.33. The van der Waals surface area contributed by atoms with Gasteiger partial charge in [0.15, 0.2) is 5.76 Å². The molecule has 0 bridgehead atoms. The van der Waals surface area contributed by atoms with E-state index in [1.54, 1.807) is 14.2 Å². The van der Waals surface area contributed by atoms with Crippen LogP contribution in [0.3, 0.4) is 0 Å². The summed E-state index contributed by atoms with van der Waals surface area (Å²) in [7, 11) is 3.31. The van der Waals surface area contributed by atoms with Crippen molar-refractivity contribution in [1.29, 1.82) is 0 Å². The van der Waals surface area contributed by atoms with Gasteiger partial charge in [-0.15, -0.1) is 0 Å². The lowest BCUT2D eigenvalue weighted by atomic mass is 9.97. The Labute approximate surface area is 163 Å². The normalized spacial score (nSPS) is 16.2. The topological polar surface area (TPSA) is 64.8 Å². The lowest BCUT2D eigenvalue weighted by Crippen LogP contribution is -2.28. The highest BCUT2D eigenvalue weighted by atomic mass is 16.5. The molecule has 1 saturated heterocycles. The lowest BCUT2D eigenvalue weighted by molar-refractivity contribution is 0.0791. The van der Waals surface area contributed by atoms with Crippen LogP contribution in [0.15, 0.2) is 59.3 Å². The molecule has 6 nitrogen and oxygen atoms in total. The second-order valence-corrected chi connectivity index (χ2v) is 6.78. The fraction of sp³-hybridized carbons (Fsp3) is 0.273. The van der Waals surface area contributed by atoms with Crippen LogP contribution < -0.4 is 9.47 Å². The van der Waals surface area contributed by atoms with Crippen molar-refractivity contribution >= 4 is 5.91 Å². The van der Waals surface area contributed by atoms with Crippen LogP contribution in [0.4, 0.5) is 0 Å². The first kappa shape index (κ1) is 18.1. The Kier molecular flexibility index (Phi) is 5.02. The highest BCUT2D eigenvalue weighted by molar-refractivity contribution is 5.99. The predicted molar refractivity (Wildman–Crippen MR) is 105 cm³/mol. The Bertz CT molecular complexity index is 968. The molecule has 0 saturated carbocycles. The van der Waals surface area contributed by atoms with Crippen LogP contribution in [0.5, 0.6) is 11.5 Å². The number of hydrogen-bond acceptors (Lipinski definition) is 5. The molecule has 1 atom stereocenters. The number of carbonyl (C=O) groups excluding carboxylic acids is 1. The Morgan fingerprint density at radius 2 is 1.96 bits per heavy atom. The van der Waals surface area contributed by atoms with Gasteiger partial charge in [-0.2, -0.15) is 0 Å². The van der Waals surface area contributed by atoms with E-state index in [1.165, 1.54) is 6.20 Å². The Morgan fingerprint density at radius 1 is 1.14 bits per heavy atom. The molecule has 2 aromatic carbocycles. The van der Waals surface area contributed by atoms with Gasteiger partial charge in [0.1, 0.15) is 17.1 Å². The molecule has 0 unspecified atom stereocenters. The van der Waals surface area contributed by atoms with Gasteiger partial charge in [0, 0.05) is 30.1 Å². The SMILES string of the molecule is COc1ccc(OC)c([C@H]2CCN(C(=O)c3cnoc3-c3ccccc3)C2)c1. The maximum atomic E-state index is 13.1. The Balaban J connectivity index is 1.56. The Hall–Kier alpha value is -3.28. The van der Waals surface area contributed by atoms with Gasteiger partial charge in [0.05, 0.1) is 20.4 Å². The maximum Gasteiger partial charge on any atom is 0.259 e. The van der Waals surface area contributed by atoms with Gasteiger partial charge in [-0.3, -0.25) is 4.79 Å². The van der Waals surface area contributed by atoms with E-state index in [4.69, 9.17) is 14.0 Å². The number of aromatic nitrogens is 1. The van der Waals surface area contributed by atoms with Crippen LogP contribution in [0.2, 0.25) is 0 Å². The van der Waals surface area contributed by atoms with Crippen LogP contribution >= 0.6 is 0 Å². The van der Waals surface area contributed by atoms with Gasteiger partial charge in [-0.05, 0) is 24.6 Å². The summed E-state index contributed by atoms with van der Waals surface area (Å²) in [6.45, 7) is 1.28. The maximum absolute atomic E-state index is 13.1. The molecule has 0 aliphatic carbocycles. The van der Waals surface area contributed by atoms with Gasteiger partial charge < -0.3 is 18.9 Å². The summed E-state index contributed by atoms with van der Waals surface area (Å²) in [5.41, 5.74) is 2.39. The molecular formula is C22H22N2O4. The minimum Gasteiger partial charge on any atom is -0.497 e. The van der Waals surface area contributed by atoms with Crippen molar-refractivity contribution in [1.82, 2.24) is 10.1 Å². The third-order valence-electron chi connectivity index (χ3n) is 5.19. The second-order valence-electron chi connectivity index (χ2n) is 6.78. The Morgan fingerprint density at radius 3 is 2.71 bits per heavy atom. The minimum absolute atomic E-state index is 0.0653. The molecule has 1 fully saturated rings. The molecule has 4 rings (SSSR count). The number of methoxy groups -OCH3 is 2. The first-order valence-corrected chi connectivity index (χ1v) is 9.22. The predicted octanol–water partition coefficient (Wildman–Crippen LogP) is 3.99. The standard InChI is InChI=1S/C22H22N2O4/c1-26-17-8-9-20(27-2)18(12-17)16-10-11-24(14-16)22(25)19-13-23-28-21(19)15-6-4-3-5-7-15/h3-9,12-13,16H,10-11,14H2,1-2H3/t16-/m0/s1. The average Bonchev–Trinajstić information content (AvgIpc) is 3.43. The molecule has 6 heteroatoms. The summed E-state index contributed by atoms with van der Waals surface area (Å²) < 4.78 is 16.2. The molecule has 0 N–H and O–H groups in total. The zero-order chi connectivity index (χ0) is 19.5. The van der Waals surface area contributed by atoms with Crippen molar-refractivity contribution in [3.63, 3.8) is 0 Å².